The number of rotatable bonds is 7. The van der Waals surface area contributed by atoms with Crippen LogP contribution in [0.4, 0.5) is 5.82 Å². The van der Waals surface area contributed by atoms with Gasteiger partial charge in [-0.15, -0.1) is 0 Å². The van der Waals surface area contributed by atoms with Gasteiger partial charge in [-0.1, -0.05) is 37.3 Å². The fourth-order valence-corrected chi connectivity index (χ4v) is 2.34. The lowest BCUT2D eigenvalue weighted by molar-refractivity contribution is 0.259. The fraction of sp³-hybridized carbons (Fsp3) is 0.444. The van der Waals surface area contributed by atoms with Crippen molar-refractivity contribution in [2.45, 2.75) is 39.8 Å². The number of likely N-dealkylation sites (N-methyl/N-ethyl adjacent to an activating group) is 1. The first-order chi connectivity index (χ1) is 10.6. The fourth-order valence-electron chi connectivity index (χ4n) is 2.34. The zero-order valence-corrected chi connectivity index (χ0v) is 14.0. The third-order valence-corrected chi connectivity index (χ3v) is 3.86. The van der Waals surface area contributed by atoms with Crippen molar-refractivity contribution in [3.05, 3.63) is 53.5 Å². The van der Waals surface area contributed by atoms with Crippen molar-refractivity contribution in [2.24, 2.45) is 0 Å². The Bertz CT molecular complexity index is 583. The molecule has 118 valence electrons. The molecule has 0 spiro atoms. The maximum Gasteiger partial charge on any atom is 0.129 e. The van der Waals surface area contributed by atoms with Gasteiger partial charge < -0.3 is 5.32 Å². The summed E-state index contributed by atoms with van der Waals surface area (Å²) in [6.45, 7) is 8.09. The molecule has 2 aromatic rings. The molecule has 0 fully saturated rings. The van der Waals surface area contributed by atoms with E-state index in [0.29, 0.717) is 6.04 Å². The molecule has 1 unspecified atom stereocenters. The topological polar surface area (TPSA) is 41.0 Å². The van der Waals surface area contributed by atoms with Gasteiger partial charge in [-0.05, 0) is 32.9 Å². The molecule has 0 bridgehead atoms. The second kappa shape index (κ2) is 7.90. The largest absolute Gasteiger partial charge is 0.368 e. The lowest BCUT2D eigenvalue weighted by atomic mass is 10.2. The van der Waals surface area contributed by atoms with Crippen molar-refractivity contribution >= 4 is 5.82 Å². The summed E-state index contributed by atoms with van der Waals surface area (Å²) in [4.78, 5) is 11.2. The molecule has 1 N–H and O–H groups in total. The summed E-state index contributed by atoms with van der Waals surface area (Å²) in [5.74, 6) is 1.75. The summed E-state index contributed by atoms with van der Waals surface area (Å²) in [5.41, 5.74) is 2.42. The minimum absolute atomic E-state index is 0.417. The lowest BCUT2D eigenvalue weighted by Crippen LogP contribution is -2.34. The molecule has 2 rings (SSSR count). The minimum Gasteiger partial charge on any atom is -0.368 e. The summed E-state index contributed by atoms with van der Waals surface area (Å²) >= 11 is 0. The molecule has 0 aliphatic rings. The first kappa shape index (κ1) is 16.4. The van der Waals surface area contributed by atoms with Crippen molar-refractivity contribution in [2.75, 3.05) is 18.9 Å². The Balaban J connectivity index is 1.89. The van der Waals surface area contributed by atoms with Gasteiger partial charge in [-0.3, -0.25) is 4.90 Å². The van der Waals surface area contributed by atoms with Crippen LogP contribution < -0.4 is 5.32 Å². The highest BCUT2D eigenvalue weighted by molar-refractivity contribution is 5.36. The van der Waals surface area contributed by atoms with Gasteiger partial charge in [0.25, 0.3) is 0 Å². The summed E-state index contributed by atoms with van der Waals surface area (Å²) < 4.78 is 0. The van der Waals surface area contributed by atoms with Gasteiger partial charge in [-0.2, -0.15) is 0 Å². The van der Waals surface area contributed by atoms with Gasteiger partial charge in [0.2, 0.25) is 0 Å². The van der Waals surface area contributed by atoms with E-state index in [1.807, 2.05) is 13.0 Å². The van der Waals surface area contributed by atoms with Crippen LogP contribution in [0.15, 0.2) is 36.4 Å². The van der Waals surface area contributed by atoms with Crippen molar-refractivity contribution in [3.63, 3.8) is 0 Å². The summed E-state index contributed by atoms with van der Waals surface area (Å²) in [5, 5.41) is 3.43. The van der Waals surface area contributed by atoms with E-state index in [9.17, 15) is 0 Å². The van der Waals surface area contributed by atoms with Crippen molar-refractivity contribution < 1.29 is 0 Å². The SMILES string of the molecule is CCc1cc(NCC(C)N(C)Cc2ccccc2)nc(C)n1. The molecular weight excluding hydrogens is 272 g/mol. The van der Waals surface area contributed by atoms with Crippen molar-refractivity contribution in [3.8, 4) is 0 Å². The summed E-state index contributed by atoms with van der Waals surface area (Å²) in [7, 11) is 2.15. The lowest BCUT2D eigenvalue weighted by Gasteiger charge is -2.25. The van der Waals surface area contributed by atoms with E-state index < -0.39 is 0 Å². The Morgan fingerprint density at radius 2 is 1.91 bits per heavy atom. The predicted molar refractivity (Wildman–Crippen MR) is 92.0 cm³/mol. The second-order valence-electron chi connectivity index (χ2n) is 5.78. The van der Waals surface area contributed by atoms with Crippen LogP contribution >= 0.6 is 0 Å². The van der Waals surface area contributed by atoms with Crippen LogP contribution in [0.25, 0.3) is 0 Å². The molecule has 0 radical (unpaired) electrons. The molecule has 1 heterocycles. The normalized spacial score (nSPS) is 12.4. The molecule has 4 heteroatoms. The smallest absolute Gasteiger partial charge is 0.129 e. The van der Waals surface area contributed by atoms with E-state index in [-0.39, 0.29) is 0 Å². The van der Waals surface area contributed by atoms with Crippen molar-refractivity contribution in [1.29, 1.82) is 0 Å². The maximum absolute atomic E-state index is 4.46. The molecule has 22 heavy (non-hydrogen) atoms. The van der Waals surface area contributed by atoms with Crippen LogP contribution in [-0.4, -0.2) is 34.5 Å². The van der Waals surface area contributed by atoms with Gasteiger partial charge in [0.1, 0.15) is 11.6 Å². The van der Waals surface area contributed by atoms with Gasteiger partial charge in [0.15, 0.2) is 0 Å². The number of benzene rings is 1. The monoisotopic (exact) mass is 298 g/mol. The number of aromatic nitrogens is 2. The average Bonchev–Trinajstić information content (AvgIpc) is 2.53. The third-order valence-electron chi connectivity index (χ3n) is 3.86. The van der Waals surface area contributed by atoms with Crippen LogP contribution in [0.3, 0.4) is 0 Å². The number of hydrogen-bond acceptors (Lipinski definition) is 4. The van der Waals surface area contributed by atoms with Crippen LogP contribution in [0, 0.1) is 6.92 Å². The third kappa shape index (κ3) is 4.81. The molecular formula is C18H26N4. The van der Waals surface area contributed by atoms with E-state index in [2.05, 4.69) is 71.4 Å². The zero-order valence-electron chi connectivity index (χ0n) is 14.0. The van der Waals surface area contributed by atoms with E-state index in [0.717, 1.165) is 36.8 Å². The van der Waals surface area contributed by atoms with E-state index in [1.165, 1.54) is 5.56 Å². The van der Waals surface area contributed by atoms with Crippen LogP contribution in [0.5, 0.6) is 0 Å². The zero-order chi connectivity index (χ0) is 15.9. The first-order valence-electron chi connectivity index (χ1n) is 7.91. The molecule has 0 aliphatic carbocycles. The van der Waals surface area contributed by atoms with E-state index in [4.69, 9.17) is 0 Å². The molecule has 0 saturated heterocycles. The number of nitrogens with one attached hydrogen (secondary N) is 1. The minimum atomic E-state index is 0.417. The molecule has 1 atom stereocenters. The highest BCUT2D eigenvalue weighted by Crippen LogP contribution is 2.10. The van der Waals surface area contributed by atoms with Crippen LogP contribution in [-0.2, 0) is 13.0 Å². The Labute approximate surface area is 133 Å². The highest BCUT2D eigenvalue weighted by Gasteiger charge is 2.10. The van der Waals surface area contributed by atoms with E-state index >= 15 is 0 Å². The van der Waals surface area contributed by atoms with Crippen LogP contribution in [0.2, 0.25) is 0 Å². The van der Waals surface area contributed by atoms with Crippen molar-refractivity contribution in [1.82, 2.24) is 14.9 Å². The molecule has 4 nitrogen and oxygen atoms in total. The Kier molecular flexibility index (Phi) is 5.90. The van der Waals surface area contributed by atoms with Crippen LogP contribution in [0.1, 0.15) is 30.9 Å². The predicted octanol–water partition coefficient (Wildman–Crippen LogP) is 3.28. The standard InChI is InChI=1S/C18H26N4/c1-5-17-11-18(21-15(3)20-17)19-12-14(2)22(4)13-16-9-7-6-8-10-16/h6-11,14H,5,12-13H2,1-4H3,(H,19,20,21). The highest BCUT2D eigenvalue weighted by atomic mass is 15.2. The number of nitrogens with zero attached hydrogens (tertiary/aromatic N) is 3. The van der Waals surface area contributed by atoms with Gasteiger partial charge in [0.05, 0.1) is 0 Å². The maximum atomic E-state index is 4.46. The Morgan fingerprint density at radius 1 is 1.18 bits per heavy atom. The Morgan fingerprint density at radius 3 is 2.59 bits per heavy atom. The molecule has 1 aromatic heterocycles. The second-order valence-corrected chi connectivity index (χ2v) is 5.78. The summed E-state index contributed by atoms with van der Waals surface area (Å²) in [6, 6.07) is 13.0. The summed E-state index contributed by atoms with van der Waals surface area (Å²) in [6.07, 6.45) is 0.932. The molecule has 0 amide bonds. The molecule has 0 saturated carbocycles. The first-order valence-corrected chi connectivity index (χ1v) is 7.91. The number of hydrogen-bond donors (Lipinski definition) is 1. The van der Waals surface area contributed by atoms with E-state index in [1.54, 1.807) is 0 Å². The number of anilines is 1. The Hall–Kier alpha value is -1.94. The average molecular weight is 298 g/mol. The molecule has 1 aromatic carbocycles. The van der Waals surface area contributed by atoms with Gasteiger partial charge >= 0.3 is 0 Å². The molecule has 0 aliphatic heterocycles. The number of aryl methyl sites for hydroxylation is 2. The van der Waals surface area contributed by atoms with Gasteiger partial charge in [-0.25, -0.2) is 9.97 Å². The quantitative estimate of drug-likeness (QED) is 0.851. The van der Waals surface area contributed by atoms with Gasteiger partial charge in [0, 0.05) is 30.9 Å².